The highest BCUT2D eigenvalue weighted by molar-refractivity contribution is 5.94. The van der Waals surface area contributed by atoms with Gasteiger partial charge >= 0.3 is 0 Å². The first-order chi connectivity index (χ1) is 15.6. The molecule has 0 radical (unpaired) electrons. The largest absolute Gasteiger partial charge is 0.384 e. The highest BCUT2D eigenvalue weighted by atomic mass is 16.1. The standard InChI is InChI=1S/C25H23N5O2/c26-23-8-7-19(14-29-23)15-30-25(32)22-12-20(13-27-16-22)10-17-3-5-18(6-4-17)11-21-2-1-9-28-24(21)31/h1-9,12-14,16H,10-11,15H2,(H2,26,29)(H,28,31)(H,30,32). The number of benzene rings is 1. The second kappa shape index (κ2) is 9.70. The predicted molar refractivity (Wildman–Crippen MR) is 123 cm³/mol. The van der Waals surface area contributed by atoms with E-state index >= 15 is 0 Å². The summed E-state index contributed by atoms with van der Waals surface area (Å²) in [5, 5.41) is 2.87. The number of aromatic nitrogens is 3. The minimum absolute atomic E-state index is 0.0644. The Morgan fingerprint density at radius 2 is 1.66 bits per heavy atom. The Balaban J connectivity index is 1.38. The van der Waals surface area contributed by atoms with Gasteiger partial charge in [0, 0.05) is 43.3 Å². The number of nitrogens with zero attached hydrogens (tertiary/aromatic N) is 2. The molecule has 1 aromatic carbocycles. The Morgan fingerprint density at radius 3 is 2.38 bits per heavy atom. The van der Waals surface area contributed by atoms with Crippen LogP contribution in [0.3, 0.4) is 0 Å². The zero-order chi connectivity index (χ0) is 22.3. The molecule has 0 aliphatic heterocycles. The van der Waals surface area contributed by atoms with Crippen LogP contribution in [0.25, 0.3) is 0 Å². The van der Waals surface area contributed by atoms with E-state index in [0.717, 1.165) is 27.8 Å². The van der Waals surface area contributed by atoms with Crippen LogP contribution in [0.2, 0.25) is 0 Å². The molecular weight excluding hydrogens is 402 g/mol. The van der Waals surface area contributed by atoms with Gasteiger partial charge in [0.2, 0.25) is 0 Å². The van der Waals surface area contributed by atoms with E-state index in [1.54, 1.807) is 30.9 Å². The van der Waals surface area contributed by atoms with Gasteiger partial charge < -0.3 is 16.0 Å². The van der Waals surface area contributed by atoms with Crippen molar-refractivity contribution in [3.63, 3.8) is 0 Å². The number of carbonyl (C=O) groups is 1. The topological polar surface area (TPSA) is 114 Å². The van der Waals surface area contributed by atoms with Gasteiger partial charge in [-0.2, -0.15) is 0 Å². The number of amides is 1. The Hall–Kier alpha value is -4.26. The van der Waals surface area contributed by atoms with E-state index in [1.165, 1.54) is 0 Å². The molecule has 0 bridgehead atoms. The summed E-state index contributed by atoms with van der Waals surface area (Å²) in [4.78, 5) is 35.3. The van der Waals surface area contributed by atoms with E-state index in [4.69, 9.17) is 5.73 Å². The third-order valence-corrected chi connectivity index (χ3v) is 5.08. The first-order valence-electron chi connectivity index (χ1n) is 10.2. The van der Waals surface area contributed by atoms with E-state index in [0.29, 0.717) is 30.8 Å². The third kappa shape index (κ3) is 5.46. The number of aromatic amines is 1. The smallest absolute Gasteiger partial charge is 0.253 e. The number of rotatable bonds is 7. The molecule has 0 unspecified atom stereocenters. The number of carbonyl (C=O) groups excluding carboxylic acids is 1. The van der Waals surface area contributed by atoms with Crippen molar-refractivity contribution in [2.45, 2.75) is 19.4 Å². The Labute approximate surface area is 185 Å². The minimum Gasteiger partial charge on any atom is -0.384 e. The maximum Gasteiger partial charge on any atom is 0.253 e. The molecular formula is C25H23N5O2. The maximum absolute atomic E-state index is 12.5. The van der Waals surface area contributed by atoms with Crippen LogP contribution in [0.1, 0.15) is 38.2 Å². The molecule has 0 aliphatic rings. The van der Waals surface area contributed by atoms with Gasteiger partial charge in [-0.15, -0.1) is 0 Å². The molecule has 160 valence electrons. The number of anilines is 1. The number of pyridine rings is 3. The SMILES string of the molecule is Nc1ccc(CNC(=O)c2cncc(Cc3ccc(Cc4ccc[nH]c4=O)cc3)c2)cn1. The molecule has 0 saturated carbocycles. The maximum atomic E-state index is 12.5. The number of nitrogens with two attached hydrogens (primary N) is 1. The van der Waals surface area contributed by atoms with Crippen molar-refractivity contribution in [2.24, 2.45) is 0 Å². The lowest BCUT2D eigenvalue weighted by atomic mass is 10.0. The fourth-order valence-corrected chi connectivity index (χ4v) is 3.36. The molecule has 3 aromatic heterocycles. The molecule has 4 N–H and O–H groups in total. The van der Waals surface area contributed by atoms with E-state index in [9.17, 15) is 9.59 Å². The molecule has 7 nitrogen and oxygen atoms in total. The summed E-state index contributed by atoms with van der Waals surface area (Å²) >= 11 is 0. The van der Waals surface area contributed by atoms with Crippen molar-refractivity contribution in [1.82, 2.24) is 20.3 Å². The zero-order valence-corrected chi connectivity index (χ0v) is 17.4. The van der Waals surface area contributed by atoms with Crippen molar-refractivity contribution in [2.75, 3.05) is 5.73 Å². The monoisotopic (exact) mass is 425 g/mol. The quantitative estimate of drug-likeness (QED) is 0.421. The van der Waals surface area contributed by atoms with Crippen LogP contribution in [-0.4, -0.2) is 20.9 Å². The van der Waals surface area contributed by atoms with Gasteiger partial charge in [0.25, 0.3) is 11.5 Å². The summed E-state index contributed by atoms with van der Waals surface area (Å²) in [6.07, 6.45) is 7.83. The second-order valence-corrected chi connectivity index (χ2v) is 7.55. The summed E-state index contributed by atoms with van der Waals surface area (Å²) in [5.41, 5.74) is 10.7. The minimum atomic E-state index is -0.195. The highest BCUT2D eigenvalue weighted by Gasteiger charge is 2.08. The van der Waals surface area contributed by atoms with E-state index < -0.39 is 0 Å². The third-order valence-electron chi connectivity index (χ3n) is 5.08. The van der Waals surface area contributed by atoms with Crippen molar-refractivity contribution in [3.8, 4) is 0 Å². The summed E-state index contributed by atoms with van der Waals surface area (Å²) < 4.78 is 0. The average molecular weight is 425 g/mol. The summed E-state index contributed by atoms with van der Waals surface area (Å²) in [6, 6.07) is 17.1. The van der Waals surface area contributed by atoms with Gasteiger partial charge in [-0.25, -0.2) is 4.98 Å². The van der Waals surface area contributed by atoms with Crippen molar-refractivity contribution in [3.05, 3.63) is 123 Å². The Kier molecular flexibility index (Phi) is 6.36. The fraction of sp³-hybridized carbons (Fsp3) is 0.120. The number of H-pyrrole nitrogens is 1. The van der Waals surface area contributed by atoms with Gasteiger partial charge in [-0.05, 0) is 46.9 Å². The van der Waals surface area contributed by atoms with Crippen molar-refractivity contribution < 1.29 is 4.79 Å². The number of nitrogen functional groups attached to an aromatic ring is 1. The number of hydrogen-bond acceptors (Lipinski definition) is 5. The molecule has 0 spiro atoms. The van der Waals surface area contributed by atoms with Crippen molar-refractivity contribution in [1.29, 1.82) is 0 Å². The number of hydrogen-bond donors (Lipinski definition) is 3. The van der Waals surface area contributed by atoms with Crippen molar-refractivity contribution >= 4 is 11.7 Å². The molecule has 1 amide bonds. The van der Waals surface area contributed by atoms with E-state index in [1.807, 2.05) is 48.5 Å². The Morgan fingerprint density at radius 1 is 0.906 bits per heavy atom. The molecule has 0 aliphatic carbocycles. The lowest BCUT2D eigenvalue weighted by molar-refractivity contribution is 0.0950. The second-order valence-electron chi connectivity index (χ2n) is 7.55. The normalized spacial score (nSPS) is 10.6. The summed E-state index contributed by atoms with van der Waals surface area (Å²) in [6.45, 7) is 0.363. The fourth-order valence-electron chi connectivity index (χ4n) is 3.36. The van der Waals surface area contributed by atoms with Crippen LogP contribution in [0.5, 0.6) is 0 Å². The van der Waals surface area contributed by atoms with Gasteiger partial charge in [0.05, 0.1) is 5.56 Å². The van der Waals surface area contributed by atoms with Crippen LogP contribution < -0.4 is 16.6 Å². The van der Waals surface area contributed by atoms with Crippen LogP contribution in [0.4, 0.5) is 5.82 Å². The van der Waals surface area contributed by atoms with Gasteiger partial charge in [-0.3, -0.25) is 14.6 Å². The molecule has 3 heterocycles. The molecule has 0 fully saturated rings. The Bertz CT molecular complexity index is 1260. The molecule has 4 rings (SSSR count). The first kappa shape index (κ1) is 21.0. The van der Waals surface area contributed by atoms with E-state index in [2.05, 4.69) is 20.3 Å². The van der Waals surface area contributed by atoms with Crippen LogP contribution in [0, 0.1) is 0 Å². The average Bonchev–Trinajstić information content (AvgIpc) is 2.81. The van der Waals surface area contributed by atoms with Gasteiger partial charge in [-0.1, -0.05) is 36.4 Å². The van der Waals surface area contributed by atoms with Crippen LogP contribution >= 0.6 is 0 Å². The first-order valence-corrected chi connectivity index (χ1v) is 10.2. The molecule has 7 heteroatoms. The van der Waals surface area contributed by atoms with E-state index in [-0.39, 0.29) is 11.5 Å². The number of nitrogens with one attached hydrogen (secondary N) is 2. The lowest BCUT2D eigenvalue weighted by Crippen LogP contribution is -2.23. The molecule has 0 saturated heterocycles. The predicted octanol–water partition coefficient (Wildman–Crippen LogP) is 2.86. The molecule has 32 heavy (non-hydrogen) atoms. The molecule has 4 aromatic rings. The van der Waals surface area contributed by atoms with Crippen LogP contribution in [-0.2, 0) is 19.4 Å². The summed E-state index contributed by atoms with van der Waals surface area (Å²) in [5.74, 6) is 0.248. The van der Waals surface area contributed by atoms with Gasteiger partial charge in [0.1, 0.15) is 5.82 Å². The summed E-state index contributed by atoms with van der Waals surface area (Å²) in [7, 11) is 0. The highest BCUT2D eigenvalue weighted by Crippen LogP contribution is 2.13. The van der Waals surface area contributed by atoms with Crippen LogP contribution in [0.15, 0.2) is 84.2 Å². The lowest BCUT2D eigenvalue weighted by Gasteiger charge is -2.08. The zero-order valence-electron chi connectivity index (χ0n) is 17.4. The molecule has 0 atom stereocenters. The van der Waals surface area contributed by atoms with Gasteiger partial charge in [0.15, 0.2) is 0 Å².